The predicted octanol–water partition coefficient (Wildman–Crippen LogP) is 2.19. The van der Waals surface area contributed by atoms with Gasteiger partial charge in [-0.3, -0.25) is 0 Å². The van der Waals surface area contributed by atoms with Crippen molar-refractivity contribution in [3.05, 3.63) is 35.0 Å². The van der Waals surface area contributed by atoms with Crippen LogP contribution in [-0.2, 0) is 13.2 Å². The lowest BCUT2D eigenvalue weighted by Crippen LogP contribution is -2.19. The number of hydrogen-bond acceptors (Lipinski definition) is 5. The van der Waals surface area contributed by atoms with E-state index >= 15 is 0 Å². The Morgan fingerprint density at radius 3 is 2.52 bits per heavy atom. The zero-order valence-electron chi connectivity index (χ0n) is 14.7. The lowest BCUT2D eigenvalue weighted by Gasteiger charge is -2.10. The lowest BCUT2D eigenvalue weighted by molar-refractivity contribution is -0.141. The maximum Gasteiger partial charge on any atom is 0.435 e. The molecular formula is C17H16F3N7. The summed E-state index contributed by atoms with van der Waals surface area (Å²) >= 11 is 0. The van der Waals surface area contributed by atoms with Crippen molar-refractivity contribution in [2.24, 2.45) is 7.05 Å². The summed E-state index contributed by atoms with van der Waals surface area (Å²) in [5, 5.41) is 7.92. The number of fused-ring (bicyclic) bond motifs is 1. The molecule has 0 amide bonds. The molecule has 7 nitrogen and oxygen atoms in total. The molecular weight excluding hydrogens is 359 g/mol. The van der Waals surface area contributed by atoms with Crippen molar-refractivity contribution in [2.45, 2.75) is 25.9 Å². The molecule has 0 aliphatic carbocycles. The summed E-state index contributed by atoms with van der Waals surface area (Å²) in [5.41, 5.74) is -0.500. The largest absolute Gasteiger partial charge is 0.435 e. The normalized spacial score (nSPS) is 14.6. The van der Waals surface area contributed by atoms with Gasteiger partial charge in [-0.2, -0.15) is 23.3 Å². The van der Waals surface area contributed by atoms with E-state index in [-0.39, 0.29) is 11.2 Å². The number of anilines is 1. The van der Waals surface area contributed by atoms with Crippen LogP contribution >= 0.6 is 0 Å². The molecule has 3 aromatic rings. The van der Waals surface area contributed by atoms with Crippen molar-refractivity contribution in [1.82, 2.24) is 29.4 Å². The number of aromatic nitrogens is 6. The fraction of sp³-hybridized carbons (Fsp3) is 0.412. The minimum Gasteiger partial charge on any atom is -0.340 e. The summed E-state index contributed by atoms with van der Waals surface area (Å²) in [6.07, 6.45) is -0.864. The van der Waals surface area contributed by atoms with E-state index in [1.165, 1.54) is 19.2 Å². The van der Waals surface area contributed by atoms with Gasteiger partial charge >= 0.3 is 6.18 Å². The highest BCUT2D eigenvalue weighted by Gasteiger charge is 2.37. The summed E-state index contributed by atoms with van der Waals surface area (Å²) in [6, 6.07) is 1.52. The summed E-state index contributed by atoms with van der Waals surface area (Å²) < 4.78 is 41.6. The van der Waals surface area contributed by atoms with E-state index in [9.17, 15) is 13.2 Å². The third-order valence-electron chi connectivity index (χ3n) is 4.43. The van der Waals surface area contributed by atoms with Gasteiger partial charge in [0.15, 0.2) is 11.3 Å². The molecule has 0 radical (unpaired) electrons. The van der Waals surface area contributed by atoms with Gasteiger partial charge in [0.2, 0.25) is 11.8 Å². The summed E-state index contributed by atoms with van der Waals surface area (Å²) in [7, 11) is 1.75. The molecule has 0 atom stereocenters. The minimum atomic E-state index is -4.52. The van der Waals surface area contributed by atoms with Gasteiger partial charge in [0.25, 0.3) is 0 Å². The summed E-state index contributed by atoms with van der Waals surface area (Å²) in [5.74, 6) is 6.86. The van der Waals surface area contributed by atoms with Gasteiger partial charge in [-0.1, -0.05) is 0 Å². The number of hydrogen-bond donors (Lipinski definition) is 0. The van der Waals surface area contributed by atoms with E-state index in [2.05, 4.69) is 36.9 Å². The van der Waals surface area contributed by atoms with E-state index in [4.69, 9.17) is 0 Å². The maximum absolute atomic E-state index is 13.0. The number of rotatable bonds is 1. The molecule has 1 aliphatic heterocycles. The topological polar surface area (TPSA) is 64.1 Å². The van der Waals surface area contributed by atoms with Gasteiger partial charge in [0, 0.05) is 31.9 Å². The Balaban J connectivity index is 1.66. The molecule has 1 aliphatic rings. The Kier molecular flexibility index (Phi) is 4.02. The maximum atomic E-state index is 13.0. The van der Waals surface area contributed by atoms with Gasteiger partial charge in [0.05, 0.1) is 0 Å². The van der Waals surface area contributed by atoms with Crippen molar-refractivity contribution in [2.75, 3.05) is 18.0 Å². The Labute approximate surface area is 152 Å². The van der Waals surface area contributed by atoms with Crippen molar-refractivity contribution in [3.8, 4) is 11.8 Å². The molecule has 0 bridgehead atoms. The van der Waals surface area contributed by atoms with Crippen LogP contribution in [-0.4, -0.2) is 42.5 Å². The first-order chi connectivity index (χ1) is 12.8. The first kappa shape index (κ1) is 17.3. The smallest absolute Gasteiger partial charge is 0.340 e. The molecule has 0 saturated carbocycles. The van der Waals surface area contributed by atoms with Gasteiger partial charge in [-0.05, 0) is 37.7 Å². The fourth-order valence-corrected chi connectivity index (χ4v) is 3.03. The minimum absolute atomic E-state index is 0.0267. The predicted molar refractivity (Wildman–Crippen MR) is 91.2 cm³/mol. The number of nitrogens with zero attached hydrogens (tertiary/aromatic N) is 7. The average molecular weight is 375 g/mol. The first-order valence-corrected chi connectivity index (χ1v) is 8.44. The van der Waals surface area contributed by atoms with Crippen LogP contribution in [0.15, 0.2) is 12.3 Å². The number of aryl methyl sites for hydroxylation is 2. The Bertz CT molecular complexity index is 1060. The monoisotopic (exact) mass is 375 g/mol. The van der Waals surface area contributed by atoms with Crippen LogP contribution in [0.1, 0.15) is 35.6 Å². The third-order valence-corrected chi connectivity index (χ3v) is 4.43. The molecule has 1 saturated heterocycles. The average Bonchev–Trinajstić information content (AvgIpc) is 3.32. The van der Waals surface area contributed by atoms with Gasteiger partial charge in [-0.15, -0.1) is 5.10 Å². The van der Waals surface area contributed by atoms with E-state index in [0.29, 0.717) is 17.5 Å². The second-order valence-corrected chi connectivity index (χ2v) is 6.36. The molecule has 4 rings (SSSR count). The number of halogens is 3. The summed E-state index contributed by atoms with van der Waals surface area (Å²) in [6.45, 7) is 3.20. The molecule has 0 spiro atoms. The van der Waals surface area contributed by atoms with Crippen LogP contribution in [0.4, 0.5) is 19.1 Å². The molecule has 3 aromatic heterocycles. The van der Waals surface area contributed by atoms with Crippen LogP contribution in [0.2, 0.25) is 0 Å². The molecule has 10 heteroatoms. The van der Waals surface area contributed by atoms with Crippen LogP contribution in [0.5, 0.6) is 0 Å². The Hall–Kier alpha value is -3.09. The van der Waals surface area contributed by atoms with Crippen molar-refractivity contribution in [1.29, 1.82) is 0 Å². The molecule has 27 heavy (non-hydrogen) atoms. The van der Waals surface area contributed by atoms with Crippen LogP contribution in [0.3, 0.4) is 0 Å². The van der Waals surface area contributed by atoms with E-state index in [1.54, 1.807) is 11.7 Å². The second-order valence-electron chi connectivity index (χ2n) is 6.36. The van der Waals surface area contributed by atoms with E-state index in [1.807, 2.05) is 0 Å². The van der Waals surface area contributed by atoms with Crippen molar-refractivity contribution < 1.29 is 13.2 Å². The van der Waals surface area contributed by atoms with Gasteiger partial charge in [-0.25, -0.2) is 14.2 Å². The highest BCUT2D eigenvalue weighted by molar-refractivity contribution is 5.52. The highest BCUT2D eigenvalue weighted by atomic mass is 19.4. The highest BCUT2D eigenvalue weighted by Crippen LogP contribution is 2.31. The summed E-state index contributed by atoms with van der Waals surface area (Å²) in [4.78, 5) is 10.7. The van der Waals surface area contributed by atoms with Crippen LogP contribution in [0.25, 0.3) is 5.65 Å². The zero-order chi connectivity index (χ0) is 19.2. The van der Waals surface area contributed by atoms with Gasteiger partial charge in [0.1, 0.15) is 5.69 Å². The Morgan fingerprint density at radius 2 is 1.81 bits per heavy atom. The Morgan fingerprint density at radius 1 is 1.07 bits per heavy atom. The molecule has 1 fully saturated rings. The number of alkyl halides is 3. The van der Waals surface area contributed by atoms with E-state index < -0.39 is 11.9 Å². The SMILES string of the molecule is Cc1c(C(F)(F)F)nn2ccc(C#Cc3nc(N4CCCC4)nn3C)nc12. The molecule has 0 unspecified atom stereocenters. The van der Waals surface area contributed by atoms with Crippen LogP contribution in [0, 0.1) is 18.8 Å². The molecule has 140 valence electrons. The third kappa shape index (κ3) is 3.20. The van der Waals surface area contributed by atoms with Crippen LogP contribution < -0.4 is 4.90 Å². The molecule has 0 aromatic carbocycles. The fourth-order valence-electron chi connectivity index (χ4n) is 3.03. The molecule has 0 N–H and O–H groups in total. The standard InChI is InChI=1S/C17H16F3N7/c1-11-14(17(18,19)20)23-27-10-7-12(21-15(11)27)5-6-13-22-16(24-25(13)2)26-8-3-4-9-26/h7,10H,3-4,8-9H2,1-2H3. The zero-order valence-corrected chi connectivity index (χ0v) is 14.7. The molecule has 4 heterocycles. The second kappa shape index (κ2) is 6.26. The van der Waals surface area contributed by atoms with Crippen molar-refractivity contribution in [3.63, 3.8) is 0 Å². The van der Waals surface area contributed by atoms with E-state index in [0.717, 1.165) is 30.4 Å². The quantitative estimate of drug-likeness (QED) is 0.610. The lowest BCUT2D eigenvalue weighted by atomic mass is 10.2. The van der Waals surface area contributed by atoms with Crippen molar-refractivity contribution >= 4 is 11.6 Å². The first-order valence-electron chi connectivity index (χ1n) is 8.44. The van der Waals surface area contributed by atoms with Gasteiger partial charge < -0.3 is 4.90 Å².